The molecule has 0 aromatic rings. The number of rotatable bonds is 40. The smallest absolute Gasteiger partial charge is 0.306 e. The van der Waals surface area contributed by atoms with E-state index in [4.69, 9.17) is 14.2 Å². The number of esters is 3. The highest BCUT2D eigenvalue weighted by atomic mass is 16.6. The summed E-state index contributed by atoms with van der Waals surface area (Å²) in [5, 5.41) is 0. The maximum Gasteiger partial charge on any atom is 0.306 e. The lowest BCUT2D eigenvalue weighted by Crippen LogP contribution is -2.30. The van der Waals surface area contributed by atoms with Gasteiger partial charge in [0.05, 0.1) is 0 Å². The van der Waals surface area contributed by atoms with E-state index in [9.17, 15) is 14.4 Å². The Balaban J connectivity index is 4.59. The lowest BCUT2D eigenvalue weighted by molar-refractivity contribution is -0.166. The van der Waals surface area contributed by atoms with E-state index in [1.165, 1.54) is 51.4 Å². The van der Waals surface area contributed by atoms with Crippen molar-refractivity contribution in [3.05, 3.63) is 122 Å². The van der Waals surface area contributed by atoms with Crippen molar-refractivity contribution in [2.24, 2.45) is 0 Å². The van der Waals surface area contributed by atoms with Crippen LogP contribution in [0.3, 0.4) is 0 Å². The van der Waals surface area contributed by atoms with E-state index in [1.807, 2.05) is 60.8 Å². The highest BCUT2D eigenvalue weighted by Gasteiger charge is 2.19. The molecule has 0 spiro atoms. The molecule has 0 aliphatic rings. The van der Waals surface area contributed by atoms with Crippen LogP contribution < -0.4 is 0 Å². The van der Waals surface area contributed by atoms with Crippen LogP contribution >= 0.6 is 0 Å². The first-order valence-corrected chi connectivity index (χ1v) is 23.6. The topological polar surface area (TPSA) is 78.9 Å². The summed E-state index contributed by atoms with van der Waals surface area (Å²) < 4.78 is 16.6. The van der Waals surface area contributed by atoms with Crippen molar-refractivity contribution in [2.75, 3.05) is 13.2 Å². The van der Waals surface area contributed by atoms with Gasteiger partial charge in [-0.05, 0) is 83.5 Å². The zero-order chi connectivity index (χ0) is 43.7. The van der Waals surface area contributed by atoms with E-state index in [-0.39, 0.29) is 38.0 Å². The first kappa shape index (κ1) is 55.8. The SMILES string of the molecule is CC\C=C/C=C\C=C/C=C\C=C/CCCC(=O)OC(COC(=O)CC/C=C\C/C=C\CCCCCCCC)COC(=O)CCCCCCCC/C=C\C/C=C\C/C=C\CC. The third-order valence-electron chi connectivity index (χ3n) is 9.32. The highest BCUT2D eigenvalue weighted by molar-refractivity contribution is 5.71. The van der Waals surface area contributed by atoms with Crippen LogP contribution in [0, 0.1) is 0 Å². The molecule has 0 aliphatic carbocycles. The van der Waals surface area contributed by atoms with Gasteiger partial charge < -0.3 is 14.2 Å². The lowest BCUT2D eigenvalue weighted by atomic mass is 10.1. The van der Waals surface area contributed by atoms with Crippen LogP contribution in [0.5, 0.6) is 0 Å². The fraction of sp³-hybridized carbons (Fsp3) is 0.574. The van der Waals surface area contributed by atoms with Crippen LogP contribution in [0.15, 0.2) is 122 Å². The number of allylic oxidation sites excluding steroid dienone is 20. The molecule has 0 amide bonds. The number of hydrogen-bond donors (Lipinski definition) is 0. The van der Waals surface area contributed by atoms with Crippen molar-refractivity contribution in [3.8, 4) is 0 Å². The molecule has 0 aromatic carbocycles. The summed E-state index contributed by atoms with van der Waals surface area (Å²) in [4.78, 5) is 37.8. The summed E-state index contributed by atoms with van der Waals surface area (Å²) in [6.45, 7) is 6.21. The summed E-state index contributed by atoms with van der Waals surface area (Å²) in [6.07, 6.45) is 64.9. The molecule has 336 valence electrons. The Bertz CT molecular complexity index is 1320. The van der Waals surface area contributed by atoms with Gasteiger partial charge in [0.25, 0.3) is 0 Å². The molecule has 0 saturated carbocycles. The number of carbonyl (C=O) groups excluding carboxylic acids is 3. The van der Waals surface area contributed by atoms with Gasteiger partial charge in [-0.2, -0.15) is 0 Å². The van der Waals surface area contributed by atoms with Gasteiger partial charge in [-0.25, -0.2) is 0 Å². The molecule has 0 aliphatic heterocycles. The van der Waals surface area contributed by atoms with Gasteiger partial charge in [-0.15, -0.1) is 0 Å². The summed E-state index contributed by atoms with van der Waals surface area (Å²) >= 11 is 0. The molecule has 6 heteroatoms. The van der Waals surface area contributed by atoms with Gasteiger partial charge in [0.2, 0.25) is 0 Å². The predicted molar refractivity (Wildman–Crippen MR) is 256 cm³/mol. The molecule has 0 rings (SSSR count). The van der Waals surface area contributed by atoms with E-state index < -0.39 is 12.1 Å². The Morgan fingerprint density at radius 2 is 0.783 bits per heavy atom. The largest absolute Gasteiger partial charge is 0.462 e. The summed E-state index contributed by atoms with van der Waals surface area (Å²) in [6, 6.07) is 0. The number of hydrogen-bond acceptors (Lipinski definition) is 6. The van der Waals surface area contributed by atoms with E-state index >= 15 is 0 Å². The second kappa shape index (κ2) is 47.5. The van der Waals surface area contributed by atoms with Gasteiger partial charge in [-0.1, -0.05) is 200 Å². The van der Waals surface area contributed by atoms with Crippen LogP contribution in [0.2, 0.25) is 0 Å². The second-order valence-electron chi connectivity index (χ2n) is 15.0. The third-order valence-corrected chi connectivity index (χ3v) is 9.32. The zero-order valence-electron chi connectivity index (χ0n) is 38.2. The highest BCUT2D eigenvalue weighted by Crippen LogP contribution is 2.11. The monoisotopic (exact) mass is 829 g/mol. The van der Waals surface area contributed by atoms with Crippen LogP contribution in [-0.2, 0) is 28.6 Å². The van der Waals surface area contributed by atoms with E-state index in [2.05, 4.69) is 81.5 Å². The molecule has 0 N–H and O–H groups in total. The maximum absolute atomic E-state index is 12.7. The van der Waals surface area contributed by atoms with Crippen molar-refractivity contribution in [1.82, 2.24) is 0 Å². The molecule has 0 heterocycles. The van der Waals surface area contributed by atoms with Crippen molar-refractivity contribution in [1.29, 1.82) is 0 Å². The minimum Gasteiger partial charge on any atom is -0.462 e. The quantitative estimate of drug-likeness (QED) is 0.0201. The second-order valence-corrected chi connectivity index (χ2v) is 15.0. The summed E-state index contributed by atoms with van der Waals surface area (Å²) in [5.41, 5.74) is 0. The Morgan fingerprint density at radius 1 is 0.367 bits per heavy atom. The van der Waals surface area contributed by atoms with Crippen LogP contribution in [0.25, 0.3) is 0 Å². The van der Waals surface area contributed by atoms with Gasteiger partial charge in [0.1, 0.15) is 13.2 Å². The molecular formula is C54H84O6. The van der Waals surface area contributed by atoms with Gasteiger partial charge in [-0.3, -0.25) is 14.4 Å². The van der Waals surface area contributed by atoms with E-state index in [0.29, 0.717) is 25.7 Å². The Morgan fingerprint density at radius 3 is 1.35 bits per heavy atom. The first-order valence-electron chi connectivity index (χ1n) is 23.6. The molecule has 0 saturated heterocycles. The van der Waals surface area contributed by atoms with E-state index in [0.717, 1.165) is 70.6 Å². The fourth-order valence-corrected chi connectivity index (χ4v) is 5.83. The van der Waals surface area contributed by atoms with E-state index in [1.54, 1.807) is 0 Å². The number of carbonyl (C=O) groups is 3. The third kappa shape index (κ3) is 44.9. The minimum atomic E-state index is -0.845. The maximum atomic E-state index is 12.7. The van der Waals surface area contributed by atoms with Crippen LogP contribution in [0.1, 0.15) is 181 Å². The Kier molecular flexibility index (Phi) is 44.2. The fourth-order valence-electron chi connectivity index (χ4n) is 5.83. The van der Waals surface area contributed by atoms with Crippen molar-refractivity contribution >= 4 is 17.9 Å². The van der Waals surface area contributed by atoms with Gasteiger partial charge >= 0.3 is 17.9 Å². The van der Waals surface area contributed by atoms with Crippen molar-refractivity contribution in [3.63, 3.8) is 0 Å². The lowest BCUT2D eigenvalue weighted by Gasteiger charge is -2.18. The number of unbranched alkanes of at least 4 members (excludes halogenated alkanes) is 13. The average molecular weight is 829 g/mol. The molecule has 1 unspecified atom stereocenters. The molecule has 60 heavy (non-hydrogen) atoms. The van der Waals surface area contributed by atoms with Gasteiger partial charge in [0, 0.05) is 19.3 Å². The molecule has 0 aromatic heterocycles. The van der Waals surface area contributed by atoms with Crippen molar-refractivity contribution in [2.45, 2.75) is 187 Å². The summed E-state index contributed by atoms with van der Waals surface area (Å²) in [7, 11) is 0. The normalized spacial score (nSPS) is 13.2. The first-order chi connectivity index (χ1) is 29.5. The predicted octanol–water partition coefficient (Wildman–Crippen LogP) is 15.4. The van der Waals surface area contributed by atoms with Crippen LogP contribution in [0.4, 0.5) is 0 Å². The molecule has 6 nitrogen and oxygen atoms in total. The molecule has 0 fully saturated rings. The number of ether oxygens (including phenoxy) is 3. The molecule has 1 atom stereocenters. The Labute approximate surface area is 367 Å². The minimum absolute atomic E-state index is 0.135. The molecule has 0 radical (unpaired) electrons. The zero-order valence-corrected chi connectivity index (χ0v) is 38.2. The standard InChI is InChI=1S/C54H84O6/c1-4-7-10-13-16-19-22-25-26-27-30-32-35-38-41-44-47-53(56)59-50-51(60-54(57)48-45-42-39-36-33-29-24-21-18-15-12-9-6-3)49-58-52(55)46-43-40-37-34-31-28-23-20-17-14-11-8-5-2/h7,9-10,12,15-16,18-19,21,24-26,28-29,31,33,36-37,39-40,51H,4-6,8,11,13-14,17,20,22-23,27,30,32,34-35,38,41-50H2,1-3H3/b10-7-,12-9-,18-15-,19-16-,24-21-,26-25-,31-28-,33-29-,39-36-,40-37-. The molecule has 0 bridgehead atoms. The Hall–Kier alpha value is -4.19. The van der Waals surface area contributed by atoms with Crippen LogP contribution in [-0.4, -0.2) is 37.2 Å². The average Bonchev–Trinajstić information content (AvgIpc) is 3.24. The van der Waals surface area contributed by atoms with Crippen molar-refractivity contribution < 1.29 is 28.6 Å². The summed E-state index contributed by atoms with van der Waals surface area (Å²) in [5.74, 6) is -1.10. The van der Waals surface area contributed by atoms with Gasteiger partial charge in [0.15, 0.2) is 6.10 Å². The molecular weight excluding hydrogens is 745 g/mol.